The van der Waals surface area contributed by atoms with E-state index in [1.54, 1.807) is 0 Å². The smallest absolute Gasteiger partial charge is 0.471 e. The fourth-order valence-corrected chi connectivity index (χ4v) is 4.53. The third kappa shape index (κ3) is 6.19. The molecular formula is C20H28O4Si. The lowest BCUT2D eigenvalue weighted by Crippen LogP contribution is -2.58. The summed E-state index contributed by atoms with van der Waals surface area (Å²) in [7, 11) is -3.45. The van der Waals surface area contributed by atoms with Crippen LogP contribution < -0.4 is 8.85 Å². The number of hydrogen-bond acceptors (Lipinski definition) is 4. The van der Waals surface area contributed by atoms with Crippen LogP contribution in [0.4, 0.5) is 0 Å². The summed E-state index contributed by atoms with van der Waals surface area (Å²) in [4.78, 5) is 0. The first kappa shape index (κ1) is 19.5. The summed E-state index contributed by atoms with van der Waals surface area (Å²) in [6, 6.07) is 19.1. The Labute approximate surface area is 152 Å². The quantitative estimate of drug-likeness (QED) is 0.545. The second-order valence-corrected chi connectivity index (χ2v) is 7.88. The van der Waals surface area contributed by atoms with Gasteiger partial charge in [0.25, 0.3) is 0 Å². The minimum Gasteiger partial charge on any atom is -0.471 e. The van der Waals surface area contributed by atoms with Gasteiger partial charge in [0.1, 0.15) is 11.5 Å². The Bertz CT molecular complexity index is 550. The Morgan fingerprint density at radius 2 is 1.04 bits per heavy atom. The SMILES string of the molecule is CCC(C)O[Si](Oc1ccccc1)(Oc1ccccc1)OC(C)CC. The number of para-hydroxylation sites is 2. The van der Waals surface area contributed by atoms with E-state index in [0.717, 1.165) is 12.8 Å². The fraction of sp³-hybridized carbons (Fsp3) is 0.400. The average Bonchev–Trinajstić information content (AvgIpc) is 2.63. The minimum atomic E-state index is -3.45. The molecule has 0 spiro atoms. The molecule has 0 heterocycles. The van der Waals surface area contributed by atoms with E-state index in [4.69, 9.17) is 17.7 Å². The molecule has 0 aliphatic rings. The van der Waals surface area contributed by atoms with E-state index in [1.165, 1.54) is 0 Å². The van der Waals surface area contributed by atoms with E-state index in [-0.39, 0.29) is 12.2 Å². The van der Waals surface area contributed by atoms with Crippen LogP contribution in [0.15, 0.2) is 60.7 Å². The molecule has 0 aliphatic carbocycles. The van der Waals surface area contributed by atoms with Crippen LogP contribution in [0.5, 0.6) is 11.5 Å². The summed E-state index contributed by atoms with van der Waals surface area (Å²) in [6.07, 6.45) is 1.61. The Balaban J connectivity index is 2.35. The maximum atomic E-state index is 6.24. The standard InChI is InChI=1S/C20H28O4Si/c1-5-17(3)21-25(22-18(4)6-2,23-19-13-9-7-10-14-19)24-20-15-11-8-12-16-20/h7-18H,5-6H2,1-4H3. The van der Waals surface area contributed by atoms with Gasteiger partial charge in [-0.2, -0.15) is 0 Å². The van der Waals surface area contributed by atoms with Gasteiger partial charge in [-0.3, -0.25) is 0 Å². The summed E-state index contributed by atoms with van der Waals surface area (Å²) >= 11 is 0. The van der Waals surface area contributed by atoms with Gasteiger partial charge in [-0.05, 0) is 51.0 Å². The lowest BCUT2D eigenvalue weighted by atomic mass is 10.3. The van der Waals surface area contributed by atoms with Gasteiger partial charge >= 0.3 is 9.05 Å². The van der Waals surface area contributed by atoms with Gasteiger partial charge in [-0.15, -0.1) is 0 Å². The maximum Gasteiger partial charge on any atom is 0.821 e. The van der Waals surface area contributed by atoms with Crippen molar-refractivity contribution < 1.29 is 17.7 Å². The molecule has 0 N–H and O–H groups in total. The van der Waals surface area contributed by atoms with Crippen LogP contribution in [0.3, 0.4) is 0 Å². The molecule has 0 radical (unpaired) electrons. The number of hydrogen-bond donors (Lipinski definition) is 0. The lowest BCUT2D eigenvalue weighted by Gasteiger charge is -2.32. The largest absolute Gasteiger partial charge is 0.821 e. The van der Waals surface area contributed by atoms with Crippen LogP contribution >= 0.6 is 0 Å². The molecule has 0 saturated heterocycles. The summed E-state index contributed by atoms with van der Waals surface area (Å²) in [5, 5.41) is 0. The predicted molar refractivity (Wildman–Crippen MR) is 102 cm³/mol. The van der Waals surface area contributed by atoms with Crippen molar-refractivity contribution in [3.8, 4) is 11.5 Å². The van der Waals surface area contributed by atoms with Crippen LogP contribution in [0.25, 0.3) is 0 Å². The second kappa shape index (κ2) is 9.61. The molecule has 2 aromatic rings. The Hall–Kier alpha value is -1.82. The first-order valence-electron chi connectivity index (χ1n) is 8.90. The highest BCUT2D eigenvalue weighted by Crippen LogP contribution is 2.25. The normalized spacial score (nSPS) is 13.9. The molecule has 0 aliphatic heterocycles. The maximum absolute atomic E-state index is 6.24. The van der Waals surface area contributed by atoms with E-state index < -0.39 is 9.05 Å². The first-order chi connectivity index (χ1) is 12.1. The Morgan fingerprint density at radius 3 is 1.36 bits per heavy atom. The molecule has 0 saturated carbocycles. The van der Waals surface area contributed by atoms with Gasteiger partial charge in [0.2, 0.25) is 0 Å². The monoisotopic (exact) mass is 360 g/mol. The highest BCUT2D eigenvalue weighted by Gasteiger charge is 2.54. The molecule has 5 heteroatoms. The average molecular weight is 361 g/mol. The molecule has 0 amide bonds. The van der Waals surface area contributed by atoms with Crippen LogP contribution in [-0.4, -0.2) is 21.3 Å². The highest BCUT2D eigenvalue weighted by molar-refractivity contribution is 6.55. The zero-order valence-corrected chi connectivity index (χ0v) is 16.5. The molecule has 0 aromatic heterocycles. The topological polar surface area (TPSA) is 36.9 Å². The molecule has 0 fully saturated rings. The lowest BCUT2D eigenvalue weighted by molar-refractivity contribution is -0.00998. The van der Waals surface area contributed by atoms with Crippen molar-refractivity contribution in [2.45, 2.75) is 52.7 Å². The van der Waals surface area contributed by atoms with Gasteiger partial charge < -0.3 is 17.7 Å². The molecule has 136 valence electrons. The van der Waals surface area contributed by atoms with Crippen LogP contribution in [0, 0.1) is 0 Å². The summed E-state index contributed by atoms with van der Waals surface area (Å²) in [5.74, 6) is 1.36. The number of benzene rings is 2. The van der Waals surface area contributed by atoms with Gasteiger partial charge in [0.05, 0.1) is 12.2 Å². The van der Waals surface area contributed by atoms with Crippen molar-refractivity contribution in [3.63, 3.8) is 0 Å². The van der Waals surface area contributed by atoms with Crippen molar-refractivity contribution in [1.82, 2.24) is 0 Å². The van der Waals surface area contributed by atoms with Crippen molar-refractivity contribution >= 4 is 9.05 Å². The molecular weight excluding hydrogens is 332 g/mol. The molecule has 0 bridgehead atoms. The zero-order valence-electron chi connectivity index (χ0n) is 15.5. The van der Waals surface area contributed by atoms with Crippen molar-refractivity contribution in [2.24, 2.45) is 0 Å². The predicted octanol–water partition coefficient (Wildman–Crippen LogP) is 5.21. The van der Waals surface area contributed by atoms with Crippen molar-refractivity contribution in [2.75, 3.05) is 0 Å². The second-order valence-electron chi connectivity index (χ2n) is 6.00. The molecule has 2 rings (SSSR count). The van der Waals surface area contributed by atoms with E-state index in [0.29, 0.717) is 11.5 Å². The minimum absolute atomic E-state index is 0.0388. The highest BCUT2D eigenvalue weighted by atomic mass is 28.4. The van der Waals surface area contributed by atoms with E-state index in [2.05, 4.69) is 13.8 Å². The van der Waals surface area contributed by atoms with E-state index in [1.807, 2.05) is 74.5 Å². The number of rotatable bonds is 10. The van der Waals surface area contributed by atoms with Gasteiger partial charge in [-0.1, -0.05) is 50.2 Å². The third-order valence-corrected chi connectivity index (χ3v) is 6.17. The molecule has 2 atom stereocenters. The van der Waals surface area contributed by atoms with Gasteiger partial charge in [-0.25, -0.2) is 0 Å². The summed E-state index contributed by atoms with van der Waals surface area (Å²) in [5.41, 5.74) is 0. The molecule has 4 nitrogen and oxygen atoms in total. The molecule has 25 heavy (non-hydrogen) atoms. The molecule has 2 aromatic carbocycles. The fourth-order valence-electron chi connectivity index (χ4n) is 2.07. The Morgan fingerprint density at radius 1 is 0.680 bits per heavy atom. The van der Waals surface area contributed by atoms with Crippen LogP contribution in [0.1, 0.15) is 40.5 Å². The zero-order chi connectivity index (χ0) is 18.1. The van der Waals surface area contributed by atoms with E-state index >= 15 is 0 Å². The summed E-state index contributed by atoms with van der Waals surface area (Å²) in [6.45, 7) is 8.14. The van der Waals surface area contributed by atoms with E-state index in [9.17, 15) is 0 Å². The van der Waals surface area contributed by atoms with Gasteiger partial charge in [0.15, 0.2) is 0 Å². The van der Waals surface area contributed by atoms with Crippen LogP contribution in [-0.2, 0) is 8.85 Å². The van der Waals surface area contributed by atoms with Gasteiger partial charge in [0, 0.05) is 0 Å². The van der Waals surface area contributed by atoms with Crippen molar-refractivity contribution in [3.05, 3.63) is 60.7 Å². The van der Waals surface area contributed by atoms with Crippen molar-refractivity contribution in [1.29, 1.82) is 0 Å². The summed E-state index contributed by atoms with van der Waals surface area (Å²) < 4.78 is 24.9. The molecule has 2 unspecified atom stereocenters. The third-order valence-electron chi connectivity index (χ3n) is 3.81. The van der Waals surface area contributed by atoms with Crippen LogP contribution in [0.2, 0.25) is 0 Å². The first-order valence-corrected chi connectivity index (χ1v) is 10.5. The Kier molecular flexibility index (Phi) is 7.49.